The van der Waals surface area contributed by atoms with Crippen LogP contribution < -0.4 is 0 Å². The van der Waals surface area contributed by atoms with Crippen LogP contribution in [0, 0.1) is 0 Å². The highest BCUT2D eigenvalue weighted by molar-refractivity contribution is 5.14. The van der Waals surface area contributed by atoms with E-state index in [1.54, 1.807) is 0 Å². The predicted octanol–water partition coefficient (Wildman–Crippen LogP) is 3.62. The van der Waals surface area contributed by atoms with Crippen molar-refractivity contribution >= 4 is 0 Å². The molecule has 0 aliphatic carbocycles. The van der Waals surface area contributed by atoms with Crippen molar-refractivity contribution in [1.82, 2.24) is 0 Å². The second-order valence-corrected chi connectivity index (χ2v) is 3.40. The Morgan fingerprint density at radius 1 is 1.38 bits per heavy atom. The van der Waals surface area contributed by atoms with Gasteiger partial charge in [0.15, 0.2) is 6.17 Å². The zero-order valence-corrected chi connectivity index (χ0v) is 8.77. The fraction of sp³-hybridized carbons (Fsp3) is 0.636. The molecule has 0 spiro atoms. The summed E-state index contributed by atoms with van der Waals surface area (Å²) in [5.41, 5.74) is 0.549. The monoisotopic (exact) mass is 186 g/mol. The van der Waals surface area contributed by atoms with Crippen LogP contribution in [0.3, 0.4) is 0 Å². The summed E-state index contributed by atoms with van der Waals surface area (Å²) in [5, 5.41) is 0. The molecule has 0 fully saturated rings. The Morgan fingerprint density at radius 3 is 2.31 bits per heavy atom. The molecule has 0 saturated carbocycles. The van der Waals surface area contributed by atoms with Crippen molar-refractivity contribution in [2.45, 2.75) is 45.9 Å². The fourth-order valence-electron chi connectivity index (χ4n) is 1.04. The van der Waals surface area contributed by atoms with Crippen molar-refractivity contribution in [2.24, 2.45) is 0 Å². The van der Waals surface area contributed by atoms with Crippen LogP contribution >= 0.6 is 0 Å². The molecule has 1 nitrogen and oxygen atoms in total. The second-order valence-electron chi connectivity index (χ2n) is 3.40. The Bertz CT molecular complexity index is 185. The third kappa shape index (κ3) is 4.71. The van der Waals surface area contributed by atoms with Crippen LogP contribution in [0.4, 0.5) is 4.39 Å². The minimum absolute atomic E-state index is 0.0276. The van der Waals surface area contributed by atoms with Gasteiger partial charge in [0.05, 0.1) is 6.10 Å². The first kappa shape index (κ1) is 12.2. The molecule has 13 heavy (non-hydrogen) atoms. The number of allylic oxidation sites excluding steroid dienone is 1. The third-order valence-corrected chi connectivity index (χ3v) is 1.60. The van der Waals surface area contributed by atoms with E-state index in [-0.39, 0.29) is 11.9 Å². The molecule has 0 saturated heterocycles. The standard InChI is InChI=1S/C11H19FO/c1-6-7-9(4)11(12)10(5)13-8(2)3/h8,11H,4-7H2,1-3H3. The minimum atomic E-state index is -1.22. The van der Waals surface area contributed by atoms with Gasteiger partial charge in [-0.15, -0.1) is 0 Å². The van der Waals surface area contributed by atoms with E-state index in [9.17, 15) is 4.39 Å². The topological polar surface area (TPSA) is 9.23 Å². The smallest absolute Gasteiger partial charge is 0.177 e. The quantitative estimate of drug-likeness (QED) is 0.454. The summed E-state index contributed by atoms with van der Waals surface area (Å²) in [6, 6.07) is 0. The van der Waals surface area contributed by atoms with Crippen LogP contribution in [0.1, 0.15) is 33.6 Å². The average molecular weight is 186 g/mol. The molecular weight excluding hydrogens is 167 g/mol. The SMILES string of the molecule is C=C(CCC)C(F)C(=C)OC(C)C. The number of hydrogen-bond donors (Lipinski definition) is 0. The first-order valence-electron chi connectivity index (χ1n) is 4.66. The molecule has 0 radical (unpaired) electrons. The van der Waals surface area contributed by atoms with Gasteiger partial charge in [0.25, 0.3) is 0 Å². The second kappa shape index (κ2) is 5.79. The Hall–Kier alpha value is -0.790. The van der Waals surface area contributed by atoms with E-state index in [1.165, 1.54) is 0 Å². The van der Waals surface area contributed by atoms with Gasteiger partial charge in [-0.1, -0.05) is 26.5 Å². The molecule has 0 heterocycles. The first-order valence-corrected chi connectivity index (χ1v) is 4.66. The average Bonchev–Trinajstić information content (AvgIpc) is 2.02. The molecule has 0 amide bonds. The summed E-state index contributed by atoms with van der Waals surface area (Å²) < 4.78 is 18.6. The van der Waals surface area contributed by atoms with E-state index >= 15 is 0 Å². The zero-order chi connectivity index (χ0) is 10.4. The Kier molecular flexibility index (Phi) is 5.44. The van der Waals surface area contributed by atoms with E-state index < -0.39 is 6.17 Å². The van der Waals surface area contributed by atoms with Gasteiger partial charge in [0.2, 0.25) is 0 Å². The van der Waals surface area contributed by atoms with Gasteiger partial charge in [0.1, 0.15) is 5.76 Å². The molecule has 76 valence electrons. The van der Waals surface area contributed by atoms with Crippen molar-refractivity contribution in [2.75, 3.05) is 0 Å². The van der Waals surface area contributed by atoms with Crippen molar-refractivity contribution < 1.29 is 9.13 Å². The predicted molar refractivity (Wildman–Crippen MR) is 54.3 cm³/mol. The highest BCUT2D eigenvalue weighted by atomic mass is 19.1. The number of hydrogen-bond acceptors (Lipinski definition) is 1. The normalized spacial score (nSPS) is 12.7. The zero-order valence-electron chi connectivity index (χ0n) is 8.77. The molecule has 0 aromatic heterocycles. The van der Waals surface area contributed by atoms with E-state index in [1.807, 2.05) is 20.8 Å². The maximum absolute atomic E-state index is 13.4. The van der Waals surface area contributed by atoms with Gasteiger partial charge < -0.3 is 4.74 Å². The molecule has 0 aliphatic heterocycles. The van der Waals surface area contributed by atoms with Crippen LogP contribution in [-0.4, -0.2) is 12.3 Å². The number of rotatable bonds is 6. The molecule has 0 rings (SSSR count). The molecule has 0 aromatic rings. The molecule has 1 atom stereocenters. The van der Waals surface area contributed by atoms with Crippen LogP contribution in [0.5, 0.6) is 0 Å². The summed E-state index contributed by atoms with van der Waals surface area (Å²) in [6.45, 7) is 12.9. The lowest BCUT2D eigenvalue weighted by molar-refractivity contribution is 0.115. The molecule has 2 heteroatoms. The third-order valence-electron chi connectivity index (χ3n) is 1.60. The Labute approximate surface area is 80.3 Å². The lowest BCUT2D eigenvalue weighted by atomic mass is 10.1. The van der Waals surface area contributed by atoms with Crippen LogP contribution in [0.25, 0.3) is 0 Å². The van der Waals surface area contributed by atoms with E-state index in [2.05, 4.69) is 13.2 Å². The summed E-state index contributed by atoms with van der Waals surface area (Å²) in [4.78, 5) is 0. The number of halogens is 1. The lowest BCUT2D eigenvalue weighted by Gasteiger charge is -2.17. The summed E-state index contributed by atoms with van der Waals surface area (Å²) in [5.74, 6) is 0.174. The highest BCUT2D eigenvalue weighted by Crippen LogP contribution is 2.19. The van der Waals surface area contributed by atoms with Gasteiger partial charge >= 0.3 is 0 Å². The van der Waals surface area contributed by atoms with Gasteiger partial charge in [0, 0.05) is 0 Å². The molecular formula is C11H19FO. The Balaban J connectivity index is 4.01. The summed E-state index contributed by atoms with van der Waals surface area (Å²) in [6.07, 6.45) is 0.332. The molecule has 0 aromatic carbocycles. The number of alkyl halides is 1. The number of ether oxygens (including phenoxy) is 1. The lowest BCUT2D eigenvalue weighted by Crippen LogP contribution is -2.13. The summed E-state index contributed by atoms with van der Waals surface area (Å²) >= 11 is 0. The maximum atomic E-state index is 13.4. The van der Waals surface area contributed by atoms with Crippen LogP contribution in [0.15, 0.2) is 24.5 Å². The van der Waals surface area contributed by atoms with Gasteiger partial charge in [-0.25, -0.2) is 4.39 Å². The molecule has 1 unspecified atom stereocenters. The highest BCUT2D eigenvalue weighted by Gasteiger charge is 2.16. The van der Waals surface area contributed by atoms with Gasteiger partial charge in [-0.05, 0) is 25.8 Å². The van der Waals surface area contributed by atoms with Crippen molar-refractivity contribution in [3.63, 3.8) is 0 Å². The Morgan fingerprint density at radius 2 is 1.92 bits per heavy atom. The van der Waals surface area contributed by atoms with Crippen molar-refractivity contribution in [3.8, 4) is 0 Å². The van der Waals surface area contributed by atoms with Gasteiger partial charge in [-0.2, -0.15) is 0 Å². The molecule has 0 bridgehead atoms. The van der Waals surface area contributed by atoms with Gasteiger partial charge in [-0.3, -0.25) is 0 Å². The van der Waals surface area contributed by atoms with E-state index in [4.69, 9.17) is 4.74 Å². The van der Waals surface area contributed by atoms with E-state index in [0.29, 0.717) is 12.0 Å². The minimum Gasteiger partial charge on any atom is -0.493 e. The largest absolute Gasteiger partial charge is 0.493 e. The van der Waals surface area contributed by atoms with E-state index in [0.717, 1.165) is 6.42 Å². The van der Waals surface area contributed by atoms with Crippen molar-refractivity contribution in [3.05, 3.63) is 24.5 Å². The van der Waals surface area contributed by atoms with Crippen LogP contribution in [-0.2, 0) is 4.74 Å². The van der Waals surface area contributed by atoms with Crippen molar-refractivity contribution in [1.29, 1.82) is 0 Å². The first-order chi connectivity index (χ1) is 5.99. The molecule has 0 N–H and O–H groups in total. The summed E-state index contributed by atoms with van der Waals surface area (Å²) in [7, 11) is 0. The molecule has 0 aliphatic rings. The maximum Gasteiger partial charge on any atom is 0.177 e. The fourth-order valence-corrected chi connectivity index (χ4v) is 1.04. The van der Waals surface area contributed by atoms with Crippen LogP contribution in [0.2, 0.25) is 0 Å².